The average Bonchev–Trinajstić information content (AvgIpc) is 2.55. The molecule has 1 heterocycles. The molecule has 0 spiro atoms. The molecule has 21 heavy (non-hydrogen) atoms. The van der Waals surface area contributed by atoms with Crippen LogP contribution in [0.4, 0.5) is 0 Å². The van der Waals surface area contributed by atoms with Crippen molar-refractivity contribution in [2.24, 2.45) is 0 Å². The molecule has 1 amide bonds. The lowest BCUT2D eigenvalue weighted by atomic mass is 10.1. The summed E-state index contributed by atoms with van der Waals surface area (Å²) in [6.45, 7) is 4.02. The van der Waals surface area contributed by atoms with E-state index in [4.69, 9.17) is 4.74 Å². The van der Waals surface area contributed by atoms with Crippen LogP contribution < -0.4 is 10.1 Å². The second-order valence-electron chi connectivity index (χ2n) is 4.82. The van der Waals surface area contributed by atoms with E-state index in [-0.39, 0.29) is 11.9 Å². The van der Waals surface area contributed by atoms with Gasteiger partial charge in [-0.3, -0.25) is 4.79 Å². The Labute approximate surface area is 124 Å². The molecule has 1 N–H and O–H groups in total. The average molecular weight is 285 g/mol. The molecule has 1 aromatic heterocycles. The van der Waals surface area contributed by atoms with E-state index in [0.29, 0.717) is 17.1 Å². The van der Waals surface area contributed by atoms with Crippen molar-refractivity contribution >= 4 is 5.91 Å². The van der Waals surface area contributed by atoms with Crippen LogP contribution in [0.5, 0.6) is 5.88 Å². The molecule has 0 saturated heterocycles. The second kappa shape index (κ2) is 6.83. The van der Waals surface area contributed by atoms with Gasteiger partial charge < -0.3 is 10.1 Å². The zero-order chi connectivity index (χ0) is 15.2. The van der Waals surface area contributed by atoms with E-state index in [0.717, 1.165) is 12.0 Å². The van der Waals surface area contributed by atoms with Crippen molar-refractivity contribution < 1.29 is 9.53 Å². The van der Waals surface area contributed by atoms with E-state index in [1.807, 2.05) is 38.1 Å². The van der Waals surface area contributed by atoms with Crippen molar-refractivity contribution in [1.29, 1.82) is 0 Å². The van der Waals surface area contributed by atoms with Crippen molar-refractivity contribution in [3.8, 4) is 17.1 Å². The van der Waals surface area contributed by atoms with Gasteiger partial charge in [-0.25, -0.2) is 0 Å². The number of ether oxygens (including phenoxy) is 1. The number of rotatable bonds is 5. The lowest BCUT2D eigenvalue weighted by Gasteiger charge is -2.11. The molecule has 1 aromatic carbocycles. The van der Waals surface area contributed by atoms with Gasteiger partial charge in [-0.05, 0) is 31.5 Å². The zero-order valence-corrected chi connectivity index (χ0v) is 12.5. The largest absolute Gasteiger partial charge is 0.480 e. The van der Waals surface area contributed by atoms with Crippen LogP contribution in [0.3, 0.4) is 0 Å². The highest BCUT2D eigenvalue weighted by Gasteiger charge is 2.10. The molecule has 0 aliphatic carbocycles. The monoisotopic (exact) mass is 285 g/mol. The molecule has 110 valence electrons. The van der Waals surface area contributed by atoms with Crippen molar-refractivity contribution in [2.75, 3.05) is 7.11 Å². The lowest BCUT2D eigenvalue weighted by molar-refractivity contribution is 0.0939. The van der Waals surface area contributed by atoms with Crippen molar-refractivity contribution in [3.63, 3.8) is 0 Å². The number of benzene rings is 1. The van der Waals surface area contributed by atoms with Gasteiger partial charge in [0.15, 0.2) is 0 Å². The number of carbonyl (C=O) groups excluding carboxylic acids is 1. The van der Waals surface area contributed by atoms with Crippen LogP contribution in [-0.2, 0) is 0 Å². The second-order valence-corrected chi connectivity index (χ2v) is 4.82. The molecule has 0 fully saturated rings. The third-order valence-electron chi connectivity index (χ3n) is 3.26. The SMILES string of the molecule is CCC(C)NC(=O)c1cccc(-c2ccc(OC)nn2)c1. The third-order valence-corrected chi connectivity index (χ3v) is 3.26. The summed E-state index contributed by atoms with van der Waals surface area (Å²) in [4.78, 5) is 12.1. The van der Waals surface area contributed by atoms with Gasteiger partial charge in [-0.2, -0.15) is 0 Å². The van der Waals surface area contributed by atoms with E-state index in [1.165, 1.54) is 0 Å². The third kappa shape index (κ3) is 3.78. The van der Waals surface area contributed by atoms with Crippen LogP contribution in [0.2, 0.25) is 0 Å². The molecule has 0 bridgehead atoms. The predicted octanol–water partition coefficient (Wildman–Crippen LogP) is 2.68. The quantitative estimate of drug-likeness (QED) is 0.917. The van der Waals surface area contributed by atoms with Gasteiger partial charge in [0.25, 0.3) is 5.91 Å². The Hall–Kier alpha value is -2.43. The molecule has 0 aliphatic rings. The van der Waals surface area contributed by atoms with Crippen molar-refractivity contribution in [1.82, 2.24) is 15.5 Å². The van der Waals surface area contributed by atoms with E-state index in [2.05, 4.69) is 15.5 Å². The van der Waals surface area contributed by atoms with Crippen LogP contribution in [0.1, 0.15) is 30.6 Å². The Morgan fingerprint density at radius 1 is 1.29 bits per heavy atom. The number of nitrogens with one attached hydrogen (secondary N) is 1. The summed E-state index contributed by atoms with van der Waals surface area (Å²) >= 11 is 0. The molecule has 2 rings (SSSR count). The first kappa shape index (κ1) is 15.0. The fourth-order valence-corrected chi connectivity index (χ4v) is 1.81. The van der Waals surface area contributed by atoms with Gasteiger partial charge in [-0.1, -0.05) is 19.1 Å². The summed E-state index contributed by atoms with van der Waals surface area (Å²) in [5.41, 5.74) is 2.17. The van der Waals surface area contributed by atoms with Gasteiger partial charge in [-0.15, -0.1) is 10.2 Å². The minimum atomic E-state index is -0.0762. The zero-order valence-electron chi connectivity index (χ0n) is 12.5. The van der Waals surface area contributed by atoms with Gasteiger partial charge in [0.1, 0.15) is 0 Å². The molecular formula is C16H19N3O2. The summed E-state index contributed by atoms with van der Waals surface area (Å²) in [5, 5.41) is 11.0. The van der Waals surface area contributed by atoms with Gasteiger partial charge in [0.2, 0.25) is 5.88 Å². The highest BCUT2D eigenvalue weighted by Crippen LogP contribution is 2.19. The first-order chi connectivity index (χ1) is 10.1. The standard InChI is InChI=1S/C16H19N3O2/c1-4-11(2)17-16(20)13-7-5-6-12(10-13)14-8-9-15(21-3)19-18-14/h5-11H,4H2,1-3H3,(H,17,20). The summed E-state index contributed by atoms with van der Waals surface area (Å²) in [6, 6.07) is 11.1. The van der Waals surface area contributed by atoms with Crippen molar-refractivity contribution in [3.05, 3.63) is 42.0 Å². The highest BCUT2D eigenvalue weighted by atomic mass is 16.5. The van der Waals surface area contributed by atoms with Crippen LogP contribution in [0, 0.1) is 0 Å². The molecule has 0 aliphatic heterocycles. The normalized spacial score (nSPS) is 11.8. The number of aromatic nitrogens is 2. The maximum Gasteiger partial charge on any atom is 0.251 e. The minimum absolute atomic E-state index is 0.0762. The molecular weight excluding hydrogens is 266 g/mol. The number of amides is 1. The molecule has 0 radical (unpaired) electrons. The Morgan fingerprint density at radius 3 is 2.71 bits per heavy atom. The fraction of sp³-hybridized carbons (Fsp3) is 0.312. The number of nitrogens with zero attached hydrogens (tertiary/aromatic N) is 2. The van der Waals surface area contributed by atoms with E-state index in [9.17, 15) is 4.79 Å². The number of methoxy groups -OCH3 is 1. The van der Waals surface area contributed by atoms with E-state index in [1.54, 1.807) is 19.2 Å². The summed E-state index contributed by atoms with van der Waals surface area (Å²) in [5.74, 6) is 0.386. The van der Waals surface area contributed by atoms with Gasteiger partial charge in [0.05, 0.1) is 12.8 Å². The summed E-state index contributed by atoms with van der Waals surface area (Å²) < 4.78 is 4.99. The predicted molar refractivity (Wildman–Crippen MR) is 81.2 cm³/mol. The summed E-state index contributed by atoms with van der Waals surface area (Å²) in [6.07, 6.45) is 0.898. The van der Waals surface area contributed by atoms with Crippen LogP contribution in [-0.4, -0.2) is 29.3 Å². The van der Waals surface area contributed by atoms with E-state index < -0.39 is 0 Å². The van der Waals surface area contributed by atoms with Gasteiger partial charge in [0, 0.05) is 23.2 Å². The van der Waals surface area contributed by atoms with Gasteiger partial charge >= 0.3 is 0 Å². The topological polar surface area (TPSA) is 64.1 Å². The smallest absolute Gasteiger partial charge is 0.251 e. The number of hydrogen-bond acceptors (Lipinski definition) is 4. The molecule has 2 aromatic rings. The Balaban J connectivity index is 2.22. The van der Waals surface area contributed by atoms with Crippen LogP contribution in [0.25, 0.3) is 11.3 Å². The summed E-state index contributed by atoms with van der Waals surface area (Å²) in [7, 11) is 1.55. The molecule has 1 unspecified atom stereocenters. The molecule has 1 atom stereocenters. The molecule has 5 heteroatoms. The molecule has 5 nitrogen and oxygen atoms in total. The minimum Gasteiger partial charge on any atom is -0.480 e. The number of carbonyl (C=O) groups is 1. The maximum absolute atomic E-state index is 12.1. The fourth-order valence-electron chi connectivity index (χ4n) is 1.81. The Kier molecular flexibility index (Phi) is 4.87. The van der Waals surface area contributed by atoms with Crippen LogP contribution >= 0.6 is 0 Å². The number of hydrogen-bond donors (Lipinski definition) is 1. The lowest BCUT2D eigenvalue weighted by Crippen LogP contribution is -2.31. The molecule has 0 saturated carbocycles. The Bertz CT molecular complexity index is 611. The van der Waals surface area contributed by atoms with Crippen LogP contribution in [0.15, 0.2) is 36.4 Å². The van der Waals surface area contributed by atoms with Crippen molar-refractivity contribution in [2.45, 2.75) is 26.3 Å². The first-order valence-corrected chi connectivity index (χ1v) is 6.93. The Morgan fingerprint density at radius 2 is 2.10 bits per heavy atom. The first-order valence-electron chi connectivity index (χ1n) is 6.93. The van der Waals surface area contributed by atoms with E-state index >= 15 is 0 Å². The highest BCUT2D eigenvalue weighted by molar-refractivity contribution is 5.95. The maximum atomic E-state index is 12.1.